The molecule has 1 aromatic rings. The van der Waals surface area contributed by atoms with Gasteiger partial charge in [-0.2, -0.15) is 0 Å². The first-order valence-electron chi connectivity index (χ1n) is 6.64. The van der Waals surface area contributed by atoms with Gasteiger partial charge in [-0.15, -0.1) is 0 Å². The molecule has 18 heavy (non-hydrogen) atoms. The number of rotatable bonds is 3. The van der Waals surface area contributed by atoms with Crippen LogP contribution in [0.4, 0.5) is 4.39 Å². The minimum Gasteiger partial charge on any atom is -0.310 e. The van der Waals surface area contributed by atoms with E-state index in [0.29, 0.717) is 18.0 Å². The Kier molecular flexibility index (Phi) is 4.44. The molecule has 0 bridgehead atoms. The summed E-state index contributed by atoms with van der Waals surface area (Å²) in [5.74, 6) is -0.123. The van der Waals surface area contributed by atoms with Gasteiger partial charge in [-0.1, -0.05) is 29.8 Å². The summed E-state index contributed by atoms with van der Waals surface area (Å²) in [6.07, 6.45) is 4.91. The highest BCUT2D eigenvalue weighted by molar-refractivity contribution is 9.10. The Bertz CT molecular complexity index is 407. The lowest BCUT2D eigenvalue weighted by Crippen LogP contribution is -2.35. The van der Waals surface area contributed by atoms with E-state index in [1.807, 2.05) is 6.07 Å². The zero-order valence-corrected chi connectivity index (χ0v) is 12.7. The Morgan fingerprint density at radius 2 is 2.00 bits per heavy atom. The fraction of sp³-hybridized carbons (Fsp3) is 0.600. The van der Waals surface area contributed by atoms with Gasteiger partial charge in [0.05, 0.1) is 0 Å². The smallest absolute Gasteiger partial charge is 0.127 e. The van der Waals surface area contributed by atoms with Crippen molar-refractivity contribution in [2.24, 2.45) is 5.41 Å². The van der Waals surface area contributed by atoms with Gasteiger partial charge in [0.2, 0.25) is 0 Å². The average Bonchev–Trinajstić information content (AvgIpc) is 2.32. The maximum absolute atomic E-state index is 13.6. The van der Waals surface area contributed by atoms with Crippen molar-refractivity contribution in [3.63, 3.8) is 0 Å². The maximum Gasteiger partial charge on any atom is 0.127 e. The maximum atomic E-state index is 13.6. The molecule has 1 N–H and O–H groups in total. The zero-order valence-electron chi connectivity index (χ0n) is 11.1. The van der Waals surface area contributed by atoms with E-state index in [1.54, 1.807) is 6.07 Å². The van der Waals surface area contributed by atoms with Crippen LogP contribution in [0.5, 0.6) is 0 Å². The normalized spacial score (nSPS) is 20.0. The van der Waals surface area contributed by atoms with Crippen molar-refractivity contribution in [3.05, 3.63) is 34.1 Å². The average molecular weight is 314 g/mol. The first kappa shape index (κ1) is 14.0. The van der Waals surface area contributed by atoms with Gasteiger partial charge in [-0.25, -0.2) is 4.39 Å². The second kappa shape index (κ2) is 5.70. The van der Waals surface area contributed by atoms with E-state index >= 15 is 0 Å². The van der Waals surface area contributed by atoms with Gasteiger partial charge < -0.3 is 5.32 Å². The fourth-order valence-electron chi connectivity index (χ4n) is 2.54. The van der Waals surface area contributed by atoms with Gasteiger partial charge in [-0.3, -0.25) is 0 Å². The summed E-state index contributed by atoms with van der Waals surface area (Å²) in [6.45, 7) is 5.28. The second-order valence-electron chi connectivity index (χ2n) is 6.06. The third kappa shape index (κ3) is 3.79. The van der Waals surface area contributed by atoms with Crippen LogP contribution < -0.4 is 5.32 Å². The van der Waals surface area contributed by atoms with Crippen molar-refractivity contribution in [3.8, 4) is 0 Å². The number of benzene rings is 1. The van der Waals surface area contributed by atoms with E-state index < -0.39 is 0 Å². The van der Waals surface area contributed by atoms with Gasteiger partial charge in [0.1, 0.15) is 5.82 Å². The molecule has 0 radical (unpaired) electrons. The molecule has 3 heteroatoms. The summed E-state index contributed by atoms with van der Waals surface area (Å²) in [4.78, 5) is 0. The highest BCUT2D eigenvalue weighted by Crippen LogP contribution is 2.35. The quantitative estimate of drug-likeness (QED) is 0.856. The van der Waals surface area contributed by atoms with E-state index in [4.69, 9.17) is 0 Å². The Morgan fingerprint density at radius 1 is 1.33 bits per heavy atom. The van der Waals surface area contributed by atoms with Crippen LogP contribution in [0.3, 0.4) is 0 Å². The predicted molar refractivity (Wildman–Crippen MR) is 77.0 cm³/mol. The lowest BCUT2D eigenvalue weighted by molar-refractivity contribution is 0.205. The predicted octanol–water partition coefficient (Wildman–Crippen LogP) is 4.65. The molecule has 1 aliphatic rings. The number of hydrogen-bond donors (Lipinski definition) is 1. The van der Waals surface area contributed by atoms with E-state index in [0.717, 1.165) is 10.0 Å². The first-order valence-corrected chi connectivity index (χ1v) is 7.43. The molecule has 1 aliphatic carbocycles. The van der Waals surface area contributed by atoms with Crippen LogP contribution in [0.1, 0.15) is 45.1 Å². The Morgan fingerprint density at radius 3 is 2.67 bits per heavy atom. The molecule has 100 valence electrons. The highest BCUT2D eigenvalue weighted by Gasteiger charge is 2.26. The topological polar surface area (TPSA) is 12.0 Å². The molecule has 0 saturated heterocycles. The van der Waals surface area contributed by atoms with Crippen molar-refractivity contribution in [2.45, 2.75) is 52.1 Å². The summed E-state index contributed by atoms with van der Waals surface area (Å²) in [5.41, 5.74) is 1.23. The molecule has 0 aromatic heterocycles. The van der Waals surface area contributed by atoms with Crippen LogP contribution in [-0.2, 0) is 6.54 Å². The molecule has 0 spiro atoms. The molecular formula is C15H21BrFN. The molecule has 1 fully saturated rings. The molecule has 2 rings (SSSR count). The Balaban J connectivity index is 1.87. The summed E-state index contributed by atoms with van der Waals surface area (Å²) >= 11 is 3.38. The minimum atomic E-state index is -0.123. The van der Waals surface area contributed by atoms with Gasteiger partial charge in [-0.05, 0) is 49.3 Å². The van der Waals surface area contributed by atoms with Crippen molar-refractivity contribution in [1.29, 1.82) is 0 Å². The van der Waals surface area contributed by atoms with Crippen molar-refractivity contribution in [2.75, 3.05) is 0 Å². The number of hydrogen-bond acceptors (Lipinski definition) is 1. The lowest BCUT2D eigenvalue weighted by Gasteiger charge is -2.34. The molecule has 1 aromatic carbocycles. The molecule has 1 nitrogen and oxygen atoms in total. The van der Waals surface area contributed by atoms with Crippen molar-refractivity contribution >= 4 is 15.9 Å². The summed E-state index contributed by atoms with van der Waals surface area (Å²) in [5, 5.41) is 3.48. The van der Waals surface area contributed by atoms with Crippen LogP contribution in [0.2, 0.25) is 0 Å². The summed E-state index contributed by atoms with van der Waals surface area (Å²) < 4.78 is 14.5. The molecule has 1 saturated carbocycles. The fourth-order valence-corrected chi connectivity index (χ4v) is 2.94. The van der Waals surface area contributed by atoms with Crippen LogP contribution in [-0.4, -0.2) is 6.04 Å². The van der Waals surface area contributed by atoms with Gasteiger partial charge in [0.15, 0.2) is 0 Å². The van der Waals surface area contributed by atoms with Gasteiger partial charge in [0, 0.05) is 22.6 Å². The number of nitrogens with one attached hydrogen (secondary N) is 1. The molecule has 0 unspecified atom stereocenters. The monoisotopic (exact) mass is 313 g/mol. The molecule has 0 atom stereocenters. The Labute approximate surface area is 117 Å². The minimum absolute atomic E-state index is 0.123. The SMILES string of the molecule is CC1(C)CCC(NCc2cc(Br)ccc2F)CC1. The largest absolute Gasteiger partial charge is 0.310 e. The van der Waals surface area contributed by atoms with Crippen LogP contribution in [0.15, 0.2) is 22.7 Å². The third-order valence-corrected chi connectivity index (χ3v) is 4.42. The third-order valence-electron chi connectivity index (χ3n) is 3.93. The van der Waals surface area contributed by atoms with Gasteiger partial charge >= 0.3 is 0 Å². The highest BCUT2D eigenvalue weighted by atomic mass is 79.9. The number of halogens is 2. The summed E-state index contributed by atoms with van der Waals surface area (Å²) in [7, 11) is 0. The zero-order chi connectivity index (χ0) is 13.2. The van der Waals surface area contributed by atoms with E-state index in [1.165, 1.54) is 31.7 Å². The van der Waals surface area contributed by atoms with E-state index in [-0.39, 0.29) is 5.82 Å². The first-order chi connectivity index (χ1) is 8.46. The van der Waals surface area contributed by atoms with Crippen LogP contribution in [0.25, 0.3) is 0 Å². The van der Waals surface area contributed by atoms with Crippen molar-refractivity contribution in [1.82, 2.24) is 5.32 Å². The van der Waals surface area contributed by atoms with Crippen molar-refractivity contribution < 1.29 is 4.39 Å². The molecular weight excluding hydrogens is 293 g/mol. The lowest BCUT2D eigenvalue weighted by atomic mass is 9.75. The molecule has 0 amide bonds. The van der Waals surface area contributed by atoms with Crippen LogP contribution in [0, 0.1) is 11.2 Å². The van der Waals surface area contributed by atoms with Gasteiger partial charge in [0.25, 0.3) is 0 Å². The molecule has 0 aliphatic heterocycles. The second-order valence-corrected chi connectivity index (χ2v) is 6.97. The van der Waals surface area contributed by atoms with E-state index in [2.05, 4.69) is 35.1 Å². The van der Waals surface area contributed by atoms with E-state index in [9.17, 15) is 4.39 Å². The molecule has 0 heterocycles. The Hall–Kier alpha value is -0.410. The summed E-state index contributed by atoms with van der Waals surface area (Å²) in [6, 6.07) is 5.65. The van der Waals surface area contributed by atoms with Crippen LogP contribution >= 0.6 is 15.9 Å². The standard InChI is InChI=1S/C15H21BrFN/c1-15(2)7-5-13(6-8-15)18-10-11-9-12(16)3-4-14(11)17/h3-4,9,13,18H,5-8,10H2,1-2H3.